The summed E-state index contributed by atoms with van der Waals surface area (Å²) in [6, 6.07) is 6.81. The van der Waals surface area contributed by atoms with E-state index in [4.69, 9.17) is 0 Å². The van der Waals surface area contributed by atoms with Crippen molar-refractivity contribution in [1.82, 2.24) is 26.3 Å². The number of rotatable bonds is 5. The molecule has 25 heavy (non-hydrogen) atoms. The summed E-state index contributed by atoms with van der Waals surface area (Å²) in [5.74, 6) is -0.460. The highest BCUT2D eigenvalue weighted by Crippen LogP contribution is 2.13. The number of nitrogens with one attached hydrogen (secondary N) is 4. The Morgan fingerprint density at radius 3 is 2.64 bits per heavy atom. The highest BCUT2D eigenvalue weighted by molar-refractivity contribution is 5.89. The summed E-state index contributed by atoms with van der Waals surface area (Å²) in [6.45, 7) is -0.216. The second kappa shape index (κ2) is 6.67. The largest absolute Gasteiger partial charge is 0.378 e. The number of carbonyl (C=O) groups is 3. The maximum Gasteiger partial charge on any atom is 0.321 e. The van der Waals surface area contributed by atoms with Crippen LogP contribution in [-0.4, -0.2) is 62.1 Å². The first kappa shape index (κ1) is 16.6. The number of urea groups is 2. The number of hydrogen-bond acceptors (Lipinski definition) is 5. The lowest BCUT2D eigenvalue weighted by molar-refractivity contribution is -0.121. The molecule has 0 radical (unpaired) electrons. The lowest BCUT2D eigenvalue weighted by Gasteiger charge is -2.19. The molecule has 0 aliphatic carbocycles. The fraction of sp³-hybridized carbons (Fsp3) is 0.333. The van der Waals surface area contributed by atoms with Gasteiger partial charge < -0.3 is 20.9 Å². The Hall–Kier alpha value is -3.30. The van der Waals surface area contributed by atoms with E-state index in [-0.39, 0.29) is 12.6 Å². The van der Waals surface area contributed by atoms with Crippen molar-refractivity contribution in [2.45, 2.75) is 12.3 Å². The molecule has 132 valence electrons. The Morgan fingerprint density at radius 1 is 1.24 bits per heavy atom. The van der Waals surface area contributed by atoms with Gasteiger partial charge in [0, 0.05) is 19.8 Å². The normalized spacial score (nSPS) is 21.6. The van der Waals surface area contributed by atoms with Gasteiger partial charge >= 0.3 is 12.1 Å². The molecule has 0 aromatic heterocycles. The van der Waals surface area contributed by atoms with Crippen molar-refractivity contribution < 1.29 is 14.4 Å². The minimum Gasteiger partial charge on any atom is -0.378 e. The molecule has 0 saturated carbocycles. The number of benzene rings is 1. The number of fused-ring (bicyclic) bond motifs is 1. The first-order chi connectivity index (χ1) is 11.9. The van der Waals surface area contributed by atoms with Gasteiger partial charge in [-0.1, -0.05) is 12.1 Å². The van der Waals surface area contributed by atoms with E-state index in [2.05, 4.69) is 26.5 Å². The van der Waals surface area contributed by atoms with E-state index in [0.29, 0.717) is 0 Å². The number of anilines is 1. The zero-order valence-electron chi connectivity index (χ0n) is 13.8. The third-order valence-electron chi connectivity index (χ3n) is 3.88. The van der Waals surface area contributed by atoms with Gasteiger partial charge in [0.15, 0.2) is 0 Å². The Bertz CT molecular complexity index is 716. The maximum absolute atomic E-state index is 12.0. The van der Waals surface area contributed by atoms with Crippen LogP contribution >= 0.6 is 0 Å². The summed E-state index contributed by atoms with van der Waals surface area (Å²) < 4.78 is 0. The minimum atomic E-state index is -0.590. The molecule has 10 heteroatoms. The van der Waals surface area contributed by atoms with Gasteiger partial charge in [-0.3, -0.25) is 9.69 Å². The Labute approximate surface area is 144 Å². The standard InChI is InChI=1S/C15H19N7O3/c1-21(2)10-5-3-9(4-6-10)7-16-20-11(23)8-22-13-12(18-15(22)25)17-14(24)19-13/h3-7,12-13H,8H2,1-2H3,(H,18,25)(H,20,23)(H2,17,19,24)/b16-7-/t12-,13+/m0/s1. The van der Waals surface area contributed by atoms with Crippen molar-refractivity contribution >= 4 is 29.9 Å². The molecule has 2 saturated heterocycles. The lowest BCUT2D eigenvalue weighted by atomic mass is 10.2. The molecular formula is C15H19N7O3. The number of carbonyl (C=O) groups excluding carboxylic acids is 3. The average molecular weight is 345 g/mol. The Morgan fingerprint density at radius 2 is 1.96 bits per heavy atom. The van der Waals surface area contributed by atoms with Crippen LogP contribution in [0.2, 0.25) is 0 Å². The summed E-state index contributed by atoms with van der Waals surface area (Å²) in [5.41, 5.74) is 4.26. The Kier molecular flexibility index (Phi) is 4.42. The van der Waals surface area contributed by atoms with Crippen LogP contribution in [0, 0.1) is 0 Å². The molecule has 2 atom stereocenters. The van der Waals surface area contributed by atoms with E-state index in [1.165, 1.54) is 11.1 Å². The van der Waals surface area contributed by atoms with E-state index in [1.54, 1.807) is 0 Å². The molecule has 0 unspecified atom stereocenters. The molecule has 1 aromatic rings. The van der Waals surface area contributed by atoms with Crippen molar-refractivity contribution in [2.75, 3.05) is 25.5 Å². The van der Waals surface area contributed by atoms with E-state index in [9.17, 15) is 14.4 Å². The molecule has 2 aliphatic heterocycles. The van der Waals surface area contributed by atoms with Gasteiger partial charge in [0.25, 0.3) is 5.91 Å². The van der Waals surface area contributed by atoms with E-state index in [1.807, 2.05) is 43.3 Å². The molecule has 4 N–H and O–H groups in total. The molecule has 0 bridgehead atoms. The van der Waals surface area contributed by atoms with Crippen molar-refractivity contribution in [1.29, 1.82) is 0 Å². The van der Waals surface area contributed by atoms with Crippen LogP contribution in [0.1, 0.15) is 5.56 Å². The second-order valence-electron chi connectivity index (χ2n) is 5.90. The van der Waals surface area contributed by atoms with Gasteiger partial charge in [0.05, 0.1) is 6.21 Å². The topological polar surface area (TPSA) is 118 Å². The third-order valence-corrected chi connectivity index (χ3v) is 3.88. The first-order valence-electron chi connectivity index (χ1n) is 7.67. The fourth-order valence-electron chi connectivity index (χ4n) is 2.59. The van der Waals surface area contributed by atoms with Crippen LogP contribution in [0.15, 0.2) is 29.4 Å². The zero-order chi connectivity index (χ0) is 18.0. The summed E-state index contributed by atoms with van der Waals surface area (Å²) >= 11 is 0. The van der Waals surface area contributed by atoms with E-state index in [0.717, 1.165) is 11.3 Å². The van der Waals surface area contributed by atoms with Gasteiger partial charge in [0.1, 0.15) is 18.9 Å². The van der Waals surface area contributed by atoms with E-state index >= 15 is 0 Å². The van der Waals surface area contributed by atoms with Gasteiger partial charge in [-0.25, -0.2) is 15.0 Å². The van der Waals surface area contributed by atoms with Crippen molar-refractivity contribution in [3.63, 3.8) is 0 Å². The highest BCUT2D eigenvalue weighted by Gasteiger charge is 2.45. The fourth-order valence-corrected chi connectivity index (χ4v) is 2.59. The first-order valence-corrected chi connectivity index (χ1v) is 7.67. The van der Waals surface area contributed by atoms with Crippen molar-refractivity contribution in [3.8, 4) is 0 Å². The summed E-state index contributed by atoms with van der Waals surface area (Å²) in [5, 5.41) is 11.6. The van der Waals surface area contributed by atoms with Gasteiger partial charge in [-0.15, -0.1) is 0 Å². The van der Waals surface area contributed by atoms with Gasteiger partial charge in [0.2, 0.25) is 0 Å². The smallest absolute Gasteiger partial charge is 0.321 e. The molecule has 3 rings (SSSR count). The van der Waals surface area contributed by atoms with Crippen LogP contribution in [0.25, 0.3) is 0 Å². The number of amides is 5. The molecule has 2 fully saturated rings. The highest BCUT2D eigenvalue weighted by atomic mass is 16.2. The van der Waals surface area contributed by atoms with Crippen molar-refractivity contribution in [2.24, 2.45) is 5.10 Å². The SMILES string of the molecule is CN(C)c1ccc(/C=N\NC(=O)CN2C(=O)N[C@@H]3NC(=O)N[C@@H]32)cc1. The molecule has 2 heterocycles. The average Bonchev–Trinajstić information content (AvgIpc) is 3.05. The second-order valence-corrected chi connectivity index (χ2v) is 5.90. The van der Waals surface area contributed by atoms with E-state index < -0.39 is 24.3 Å². The summed E-state index contributed by atoms with van der Waals surface area (Å²) in [6.07, 6.45) is 0.392. The molecule has 2 aliphatic rings. The third kappa shape index (κ3) is 3.62. The predicted octanol–water partition coefficient (Wildman–Crippen LogP) is -0.807. The maximum atomic E-state index is 12.0. The van der Waals surface area contributed by atoms with Crippen LogP contribution in [-0.2, 0) is 4.79 Å². The summed E-state index contributed by atoms with van der Waals surface area (Å²) in [4.78, 5) is 38.3. The van der Waals surface area contributed by atoms with Gasteiger partial charge in [-0.2, -0.15) is 5.10 Å². The number of nitrogens with zero attached hydrogens (tertiary/aromatic N) is 3. The molecule has 0 spiro atoms. The van der Waals surface area contributed by atoms with Crippen LogP contribution in [0.5, 0.6) is 0 Å². The molecule has 10 nitrogen and oxygen atoms in total. The zero-order valence-corrected chi connectivity index (χ0v) is 13.8. The lowest BCUT2D eigenvalue weighted by Crippen LogP contribution is -2.47. The van der Waals surface area contributed by atoms with Crippen LogP contribution in [0.4, 0.5) is 15.3 Å². The molecule has 1 aromatic carbocycles. The summed E-state index contributed by atoms with van der Waals surface area (Å²) in [7, 11) is 3.90. The number of hydrogen-bond donors (Lipinski definition) is 4. The monoisotopic (exact) mass is 345 g/mol. The van der Waals surface area contributed by atoms with Crippen LogP contribution in [0.3, 0.4) is 0 Å². The quantitative estimate of drug-likeness (QED) is 0.412. The van der Waals surface area contributed by atoms with Crippen molar-refractivity contribution in [3.05, 3.63) is 29.8 Å². The minimum absolute atomic E-state index is 0.216. The predicted molar refractivity (Wildman–Crippen MR) is 91.0 cm³/mol. The number of hydrazone groups is 1. The van der Waals surface area contributed by atoms with Crippen LogP contribution < -0.4 is 26.3 Å². The molecular weight excluding hydrogens is 326 g/mol. The Balaban J connectivity index is 1.52. The van der Waals surface area contributed by atoms with Gasteiger partial charge in [-0.05, 0) is 17.7 Å². The molecule has 5 amide bonds.